The summed E-state index contributed by atoms with van der Waals surface area (Å²) in [6, 6.07) is 7.78. The number of ether oxygens (including phenoxy) is 1. The fraction of sp³-hybridized carbons (Fsp3) is 0.263. The van der Waals surface area contributed by atoms with Gasteiger partial charge in [-0.15, -0.1) is 11.3 Å². The van der Waals surface area contributed by atoms with Gasteiger partial charge in [0.2, 0.25) is 0 Å². The van der Waals surface area contributed by atoms with Crippen LogP contribution in [0.2, 0.25) is 0 Å². The van der Waals surface area contributed by atoms with E-state index in [1.165, 1.54) is 21.8 Å². The van der Waals surface area contributed by atoms with Crippen molar-refractivity contribution in [2.45, 2.75) is 25.5 Å². The summed E-state index contributed by atoms with van der Waals surface area (Å²) in [5.41, 5.74) is 0.583. The van der Waals surface area contributed by atoms with Gasteiger partial charge in [0.25, 0.3) is 11.5 Å². The van der Waals surface area contributed by atoms with Crippen LogP contribution in [-0.4, -0.2) is 38.7 Å². The predicted molar refractivity (Wildman–Crippen MR) is 107 cm³/mol. The van der Waals surface area contributed by atoms with Crippen LogP contribution in [-0.2, 0) is 16.1 Å². The molecule has 1 amide bonds. The number of fused-ring (bicyclic) bond motifs is 1. The van der Waals surface area contributed by atoms with Crippen molar-refractivity contribution in [3.8, 4) is 0 Å². The molecule has 4 rings (SSSR count). The van der Waals surface area contributed by atoms with Gasteiger partial charge < -0.3 is 9.64 Å². The SMILES string of the molecule is O=C(OCc1cc(=O)n2cc(Br)ccc2n1)[C@@H]1CCCN1C(=O)c1cccs1. The molecule has 1 aliphatic heterocycles. The summed E-state index contributed by atoms with van der Waals surface area (Å²) < 4.78 is 7.56. The molecule has 1 saturated heterocycles. The molecule has 0 radical (unpaired) electrons. The Balaban J connectivity index is 1.46. The van der Waals surface area contributed by atoms with Crippen LogP contribution in [0.5, 0.6) is 0 Å². The van der Waals surface area contributed by atoms with Gasteiger partial charge in [-0.05, 0) is 52.4 Å². The second-order valence-corrected chi connectivity index (χ2v) is 8.27. The monoisotopic (exact) mass is 461 g/mol. The molecule has 7 nitrogen and oxygen atoms in total. The molecular weight excluding hydrogens is 446 g/mol. The number of esters is 1. The highest BCUT2D eigenvalue weighted by Gasteiger charge is 2.36. The van der Waals surface area contributed by atoms with E-state index in [2.05, 4.69) is 20.9 Å². The van der Waals surface area contributed by atoms with Crippen LogP contribution in [0.3, 0.4) is 0 Å². The number of pyridine rings is 1. The Hall–Kier alpha value is -2.52. The van der Waals surface area contributed by atoms with E-state index < -0.39 is 12.0 Å². The Kier molecular flexibility index (Phi) is 5.27. The topological polar surface area (TPSA) is 81.0 Å². The molecule has 3 aromatic heterocycles. The van der Waals surface area contributed by atoms with Gasteiger partial charge >= 0.3 is 5.97 Å². The Morgan fingerprint density at radius 2 is 2.18 bits per heavy atom. The van der Waals surface area contributed by atoms with E-state index in [9.17, 15) is 14.4 Å². The van der Waals surface area contributed by atoms with E-state index >= 15 is 0 Å². The number of amides is 1. The molecule has 1 fully saturated rings. The zero-order valence-corrected chi connectivity index (χ0v) is 17.1. The van der Waals surface area contributed by atoms with Crippen molar-refractivity contribution < 1.29 is 14.3 Å². The first-order chi connectivity index (χ1) is 13.5. The lowest BCUT2D eigenvalue weighted by Crippen LogP contribution is -2.41. The zero-order valence-electron chi connectivity index (χ0n) is 14.7. The summed E-state index contributed by atoms with van der Waals surface area (Å²) in [7, 11) is 0. The number of rotatable bonds is 4. The van der Waals surface area contributed by atoms with Gasteiger partial charge in [-0.2, -0.15) is 0 Å². The number of likely N-dealkylation sites (tertiary alicyclic amines) is 1. The number of hydrogen-bond donors (Lipinski definition) is 0. The number of carbonyl (C=O) groups is 2. The number of nitrogens with zero attached hydrogens (tertiary/aromatic N) is 3. The van der Waals surface area contributed by atoms with Gasteiger partial charge in [0, 0.05) is 23.3 Å². The van der Waals surface area contributed by atoms with E-state index in [4.69, 9.17) is 4.74 Å². The summed E-state index contributed by atoms with van der Waals surface area (Å²) in [6.45, 7) is 0.416. The van der Waals surface area contributed by atoms with Crippen LogP contribution >= 0.6 is 27.3 Å². The number of hydrogen-bond acceptors (Lipinski definition) is 6. The second kappa shape index (κ2) is 7.84. The van der Waals surface area contributed by atoms with E-state index in [1.807, 2.05) is 11.4 Å². The normalized spacial score (nSPS) is 16.5. The molecule has 9 heteroatoms. The predicted octanol–water partition coefficient (Wildman–Crippen LogP) is 2.87. The summed E-state index contributed by atoms with van der Waals surface area (Å²) in [4.78, 5) is 43.9. The van der Waals surface area contributed by atoms with E-state index in [0.717, 1.165) is 10.9 Å². The lowest BCUT2D eigenvalue weighted by molar-refractivity contribution is -0.149. The van der Waals surface area contributed by atoms with Crippen molar-refractivity contribution in [2.24, 2.45) is 0 Å². The molecule has 0 bridgehead atoms. The molecule has 3 aromatic rings. The third kappa shape index (κ3) is 3.72. The molecule has 0 N–H and O–H groups in total. The number of thiophene rings is 1. The van der Waals surface area contributed by atoms with Gasteiger partial charge in [0.05, 0.1) is 10.6 Å². The van der Waals surface area contributed by atoms with Crippen molar-refractivity contribution in [2.75, 3.05) is 6.54 Å². The summed E-state index contributed by atoms with van der Waals surface area (Å²) >= 11 is 4.67. The number of carbonyl (C=O) groups excluding carboxylic acids is 2. The molecule has 0 saturated carbocycles. The largest absolute Gasteiger partial charge is 0.458 e. The van der Waals surface area contributed by atoms with Crippen LogP contribution in [0.15, 0.2) is 51.2 Å². The summed E-state index contributed by atoms with van der Waals surface area (Å²) in [5.74, 6) is -0.623. The maximum atomic E-state index is 12.6. The molecule has 0 unspecified atom stereocenters. The van der Waals surface area contributed by atoms with E-state index in [0.29, 0.717) is 29.2 Å². The molecule has 1 atom stereocenters. The minimum atomic E-state index is -0.605. The highest BCUT2D eigenvalue weighted by molar-refractivity contribution is 9.10. The molecule has 28 heavy (non-hydrogen) atoms. The first-order valence-electron chi connectivity index (χ1n) is 8.72. The zero-order chi connectivity index (χ0) is 19.7. The van der Waals surface area contributed by atoms with Crippen molar-refractivity contribution in [3.05, 3.63) is 67.3 Å². The Morgan fingerprint density at radius 1 is 1.32 bits per heavy atom. The van der Waals surface area contributed by atoms with Gasteiger partial charge in [-0.3, -0.25) is 14.0 Å². The molecule has 0 aliphatic carbocycles. The molecule has 4 heterocycles. The van der Waals surface area contributed by atoms with E-state index in [-0.39, 0.29) is 18.1 Å². The minimum Gasteiger partial charge on any atom is -0.458 e. The van der Waals surface area contributed by atoms with Gasteiger partial charge in [-0.25, -0.2) is 9.78 Å². The lowest BCUT2D eigenvalue weighted by Gasteiger charge is -2.22. The lowest BCUT2D eigenvalue weighted by atomic mass is 10.2. The Bertz CT molecular complexity index is 1100. The average Bonchev–Trinajstić information content (AvgIpc) is 3.38. The van der Waals surface area contributed by atoms with Crippen LogP contribution in [0, 0.1) is 0 Å². The standard InChI is InChI=1S/C19H16BrN3O4S/c20-12-5-6-16-21-13(9-17(24)23(16)10-12)11-27-19(26)14-3-1-7-22(14)18(25)15-4-2-8-28-15/h2,4-6,8-10,14H,1,3,7,11H2/t14-/m0/s1. The quantitative estimate of drug-likeness (QED) is 0.558. The maximum absolute atomic E-state index is 12.6. The van der Waals surface area contributed by atoms with E-state index in [1.54, 1.807) is 29.3 Å². The van der Waals surface area contributed by atoms with Crippen molar-refractivity contribution >= 4 is 44.8 Å². The van der Waals surface area contributed by atoms with Gasteiger partial charge in [0.1, 0.15) is 18.3 Å². The van der Waals surface area contributed by atoms with Gasteiger partial charge in [0.15, 0.2) is 0 Å². The number of aromatic nitrogens is 2. The van der Waals surface area contributed by atoms with Crippen LogP contribution in [0.4, 0.5) is 0 Å². The highest BCUT2D eigenvalue weighted by atomic mass is 79.9. The van der Waals surface area contributed by atoms with Crippen LogP contribution in [0.1, 0.15) is 28.2 Å². The Labute approximate surface area is 172 Å². The second-order valence-electron chi connectivity index (χ2n) is 6.40. The first-order valence-corrected chi connectivity index (χ1v) is 10.4. The molecule has 0 spiro atoms. The first kappa shape index (κ1) is 18.8. The molecule has 1 aliphatic rings. The van der Waals surface area contributed by atoms with Gasteiger partial charge in [-0.1, -0.05) is 6.07 Å². The molecule has 0 aromatic carbocycles. The third-order valence-electron chi connectivity index (χ3n) is 4.56. The van der Waals surface area contributed by atoms with Crippen molar-refractivity contribution in [1.29, 1.82) is 0 Å². The molecule has 144 valence electrons. The third-order valence-corrected chi connectivity index (χ3v) is 5.88. The number of halogens is 1. The maximum Gasteiger partial charge on any atom is 0.329 e. The van der Waals surface area contributed by atoms with Crippen molar-refractivity contribution in [3.63, 3.8) is 0 Å². The summed E-state index contributed by atoms with van der Waals surface area (Å²) in [5, 5.41) is 1.83. The average molecular weight is 462 g/mol. The van der Waals surface area contributed by atoms with Crippen LogP contribution in [0.25, 0.3) is 5.65 Å². The fourth-order valence-electron chi connectivity index (χ4n) is 3.24. The van der Waals surface area contributed by atoms with Crippen LogP contribution < -0.4 is 5.56 Å². The fourth-order valence-corrected chi connectivity index (χ4v) is 4.25. The van der Waals surface area contributed by atoms with Crippen molar-refractivity contribution in [1.82, 2.24) is 14.3 Å². The smallest absolute Gasteiger partial charge is 0.329 e. The Morgan fingerprint density at radius 3 is 2.96 bits per heavy atom. The summed E-state index contributed by atoms with van der Waals surface area (Å²) in [6.07, 6.45) is 2.95. The highest BCUT2D eigenvalue weighted by Crippen LogP contribution is 2.23. The minimum absolute atomic E-state index is 0.113. The molecular formula is C19H16BrN3O4S.